The molecule has 22 heavy (non-hydrogen) atoms. The van der Waals surface area contributed by atoms with Gasteiger partial charge in [-0.05, 0) is 54.8 Å². The highest BCUT2D eigenvalue weighted by Gasteiger charge is 2.27. The van der Waals surface area contributed by atoms with Crippen LogP contribution in [-0.4, -0.2) is 30.7 Å². The van der Waals surface area contributed by atoms with Gasteiger partial charge in [0.05, 0.1) is 7.11 Å². The minimum Gasteiger partial charge on any atom is -0.504 e. The van der Waals surface area contributed by atoms with E-state index in [1.807, 2.05) is 30.3 Å². The molecule has 4 heteroatoms. The molecule has 0 radical (unpaired) electrons. The number of phenols is 1. The van der Waals surface area contributed by atoms with Crippen molar-refractivity contribution in [3.8, 4) is 11.5 Å². The van der Waals surface area contributed by atoms with Crippen molar-refractivity contribution in [2.75, 3.05) is 26.4 Å². The van der Waals surface area contributed by atoms with Crippen LogP contribution in [0.25, 0.3) is 0 Å². The fraction of sp³-hybridized carbons (Fsp3) is 0.333. The highest BCUT2D eigenvalue weighted by Crippen LogP contribution is 2.38. The number of phenolic OH excluding ortho intramolecular Hbond substituents is 1. The second kappa shape index (κ2) is 5.89. The zero-order valence-electron chi connectivity index (χ0n) is 13.0. The zero-order chi connectivity index (χ0) is 15.7. The van der Waals surface area contributed by atoms with Gasteiger partial charge in [0.15, 0.2) is 11.5 Å². The van der Waals surface area contributed by atoms with Crippen molar-refractivity contribution in [1.29, 1.82) is 0 Å². The first-order valence-electron chi connectivity index (χ1n) is 7.53. The Morgan fingerprint density at radius 3 is 2.82 bits per heavy atom. The summed E-state index contributed by atoms with van der Waals surface area (Å²) in [5.74, 6) is 0.740. The molecule has 116 valence electrons. The summed E-state index contributed by atoms with van der Waals surface area (Å²) in [6, 6.07) is 12.0. The van der Waals surface area contributed by atoms with E-state index in [1.165, 1.54) is 5.56 Å². The molecule has 1 atom stereocenters. The predicted molar refractivity (Wildman–Crippen MR) is 88.3 cm³/mol. The Kier molecular flexibility index (Phi) is 3.94. The first kappa shape index (κ1) is 14.7. The standard InChI is InChI=1S/C18H22N2O2/c1-20-8-7-12-10-18(22-2)17(21)11-14(12)16(20)9-13-5-3-4-6-15(13)19/h3-6,10-11,16,21H,7-9,19H2,1-2H3. The molecule has 0 aromatic heterocycles. The molecular formula is C18H22N2O2. The summed E-state index contributed by atoms with van der Waals surface area (Å²) in [6.07, 6.45) is 1.80. The molecule has 0 saturated carbocycles. The van der Waals surface area contributed by atoms with E-state index in [0.717, 1.165) is 36.2 Å². The van der Waals surface area contributed by atoms with Crippen LogP contribution in [-0.2, 0) is 12.8 Å². The Hall–Kier alpha value is -2.20. The molecule has 0 aliphatic carbocycles. The van der Waals surface area contributed by atoms with Gasteiger partial charge in [-0.1, -0.05) is 18.2 Å². The van der Waals surface area contributed by atoms with Crippen molar-refractivity contribution in [1.82, 2.24) is 4.90 Å². The van der Waals surface area contributed by atoms with E-state index in [4.69, 9.17) is 10.5 Å². The molecular weight excluding hydrogens is 276 g/mol. The lowest BCUT2D eigenvalue weighted by Crippen LogP contribution is -2.33. The van der Waals surface area contributed by atoms with Crippen molar-refractivity contribution in [3.05, 3.63) is 53.1 Å². The average molecular weight is 298 g/mol. The molecule has 0 spiro atoms. The SMILES string of the molecule is COc1cc2c(cc1O)C(Cc1ccccc1N)N(C)CC2. The minimum atomic E-state index is 0.197. The summed E-state index contributed by atoms with van der Waals surface area (Å²) in [5, 5.41) is 10.1. The fourth-order valence-electron chi connectivity index (χ4n) is 3.20. The third-order valence-corrected chi connectivity index (χ3v) is 4.53. The fourth-order valence-corrected chi connectivity index (χ4v) is 3.20. The number of anilines is 1. The number of aromatic hydroxyl groups is 1. The van der Waals surface area contributed by atoms with Crippen molar-refractivity contribution < 1.29 is 9.84 Å². The molecule has 0 amide bonds. The number of ether oxygens (including phenoxy) is 1. The smallest absolute Gasteiger partial charge is 0.160 e. The Labute approximate surface area is 131 Å². The largest absolute Gasteiger partial charge is 0.504 e. The maximum Gasteiger partial charge on any atom is 0.160 e. The molecule has 0 fully saturated rings. The minimum absolute atomic E-state index is 0.197. The van der Waals surface area contributed by atoms with Gasteiger partial charge < -0.3 is 15.6 Å². The summed E-state index contributed by atoms with van der Waals surface area (Å²) < 4.78 is 5.23. The Bertz CT molecular complexity index is 685. The van der Waals surface area contributed by atoms with E-state index in [2.05, 4.69) is 18.0 Å². The molecule has 2 aromatic rings. The number of hydrogen-bond donors (Lipinski definition) is 2. The topological polar surface area (TPSA) is 58.7 Å². The van der Waals surface area contributed by atoms with Crippen molar-refractivity contribution in [2.45, 2.75) is 18.9 Å². The first-order valence-corrected chi connectivity index (χ1v) is 7.53. The molecule has 1 unspecified atom stereocenters. The summed E-state index contributed by atoms with van der Waals surface area (Å²) in [5.41, 5.74) is 10.5. The quantitative estimate of drug-likeness (QED) is 0.856. The van der Waals surface area contributed by atoms with Gasteiger partial charge in [0.25, 0.3) is 0 Å². The number of benzene rings is 2. The average Bonchev–Trinajstić information content (AvgIpc) is 2.51. The summed E-state index contributed by atoms with van der Waals surface area (Å²) >= 11 is 0. The summed E-state index contributed by atoms with van der Waals surface area (Å²) in [6.45, 7) is 0.984. The van der Waals surface area contributed by atoms with Gasteiger partial charge in [-0.2, -0.15) is 0 Å². The van der Waals surface area contributed by atoms with E-state index < -0.39 is 0 Å². The van der Waals surface area contributed by atoms with E-state index in [9.17, 15) is 5.11 Å². The van der Waals surface area contributed by atoms with Crippen LogP contribution in [0.2, 0.25) is 0 Å². The van der Waals surface area contributed by atoms with Crippen LogP contribution in [0.5, 0.6) is 11.5 Å². The Morgan fingerprint density at radius 1 is 1.32 bits per heavy atom. The molecule has 1 aliphatic heterocycles. The number of fused-ring (bicyclic) bond motifs is 1. The van der Waals surface area contributed by atoms with Gasteiger partial charge in [-0.25, -0.2) is 0 Å². The monoisotopic (exact) mass is 298 g/mol. The lowest BCUT2D eigenvalue weighted by atomic mass is 9.88. The van der Waals surface area contributed by atoms with Gasteiger partial charge in [-0.3, -0.25) is 4.90 Å². The van der Waals surface area contributed by atoms with Crippen LogP contribution < -0.4 is 10.5 Å². The third kappa shape index (κ3) is 2.62. The number of rotatable bonds is 3. The van der Waals surface area contributed by atoms with E-state index in [-0.39, 0.29) is 11.8 Å². The van der Waals surface area contributed by atoms with Gasteiger partial charge in [0.1, 0.15) is 0 Å². The second-order valence-corrected chi connectivity index (χ2v) is 5.87. The molecule has 4 nitrogen and oxygen atoms in total. The maximum absolute atomic E-state index is 10.1. The van der Waals surface area contributed by atoms with Gasteiger partial charge >= 0.3 is 0 Å². The molecule has 3 rings (SSSR count). The zero-order valence-corrected chi connectivity index (χ0v) is 13.0. The predicted octanol–water partition coefficient (Wildman–Crippen LogP) is 2.75. The van der Waals surface area contributed by atoms with Crippen LogP contribution >= 0.6 is 0 Å². The second-order valence-electron chi connectivity index (χ2n) is 5.87. The van der Waals surface area contributed by atoms with E-state index >= 15 is 0 Å². The highest BCUT2D eigenvalue weighted by molar-refractivity contribution is 5.51. The number of nitrogens with two attached hydrogens (primary N) is 1. The maximum atomic E-state index is 10.1. The first-order chi connectivity index (χ1) is 10.6. The van der Waals surface area contributed by atoms with E-state index in [0.29, 0.717) is 5.75 Å². The van der Waals surface area contributed by atoms with Crippen LogP contribution in [0, 0.1) is 0 Å². The molecule has 1 heterocycles. The molecule has 1 aliphatic rings. The van der Waals surface area contributed by atoms with E-state index in [1.54, 1.807) is 7.11 Å². The lowest BCUT2D eigenvalue weighted by molar-refractivity contribution is 0.228. The summed E-state index contributed by atoms with van der Waals surface area (Å²) in [7, 11) is 3.70. The van der Waals surface area contributed by atoms with Crippen molar-refractivity contribution in [3.63, 3.8) is 0 Å². The molecule has 2 aromatic carbocycles. The number of likely N-dealkylation sites (N-methyl/N-ethyl adjacent to an activating group) is 1. The third-order valence-electron chi connectivity index (χ3n) is 4.53. The van der Waals surface area contributed by atoms with Crippen LogP contribution in [0.15, 0.2) is 36.4 Å². The van der Waals surface area contributed by atoms with Gasteiger partial charge in [0.2, 0.25) is 0 Å². The van der Waals surface area contributed by atoms with Crippen molar-refractivity contribution in [2.24, 2.45) is 0 Å². The molecule has 0 bridgehead atoms. The van der Waals surface area contributed by atoms with Crippen LogP contribution in [0.3, 0.4) is 0 Å². The van der Waals surface area contributed by atoms with Crippen molar-refractivity contribution >= 4 is 5.69 Å². The number of nitrogens with zero attached hydrogens (tertiary/aromatic N) is 1. The number of nitrogen functional groups attached to an aromatic ring is 1. The Balaban J connectivity index is 1.99. The number of para-hydroxylation sites is 1. The molecule has 3 N–H and O–H groups in total. The van der Waals surface area contributed by atoms with Crippen LogP contribution in [0.1, 0.15) is 22.7 Å². The number of hydrogen-bond acceptors (Lipinski definition) is 4. The normalized spacial score (nSPS) is 18.0. The van der Waals surface area contributed by atoms with Gasteiger partial charge in [0, 0.05) is 18.3 Å². The highest BCUT2D eigenvalue weighted by atomic mass is 16.5. The lowest BCUT2D eigenvalue weighted by Gasteiger charge is -2.35. The number of methoxy groups -OCH3 is 1. The molecule has 0 saturated heterocycles. The van der Waals surface area contributed by atoms with Crippen LogP contribution in [0.4, 0.5) is 5.69 Å². The Morgan fingerprint density at radius 2 is 2.09 bits per heavy atom. The summed E-state index contributed by atoms with van der Waals surface area (Å²) in [4.78, 5) is 2.32. The van der Waals surface area contributed by atoms with Gasteiger partial charge in [-0.15, -0.1) is 0 Å².